The zero-order valence-electron chi connectivity index (χ0n) is 11.3. The fraction of sp³-hybridized carbons (Fsp3) is 0.786. The van der Waals surface area contributed by atoms with E-state index in [1.807, 2.05) is 6.33 Å². The van der Waals surface area contributed by atoms with E-state index < -0.39 is 6.10 Å². The topological polar surface area (TPSA) is 47.3 Å². The number of unbranched alkanes of at least 4 members (excludes halogenated alkanes) is 1. The lowest BCUT2D eigenvalue weighted by atomic mass is 10.0. The Morgan fingerprint density at radius 1 is 1.44 bits per heavy atom. The number of aromatic nitrogens is 2. The van der Waals surface area contributed by atoms with Crippen molar-refractivity contribution in [2.24, 2.45) is 0 Å². The van der Waals surface area contributed by atoms with Crippen LogP contribution in [-0.2, 0) is 24.1 Å². The SMILES string of the molecule is CCCCOCC(O)Cn1cnc2c1CCCC2. The second-order valence-corrected chi connectivity index (χ2v) is 5.08. The van der Waals surface area contributed by atoms with Crippen LogP contribution in [0.3, 0.4) is 0 Å². The maximum Gasteiger partial charge on any atom is 0.0952 e. The van der Waals surface area contributed by atoms with Gasteiger partial charge in [-0.15, -0.1) is 0 Å². The molecule has 0 spiro atoms. The molecule has 0 aliphatic heterocycles. The zero-order valence-corrected chi connectivity index (χ0v) is 11.3. The van der Waals surface area contributed by atoms with Gasteiger partial charge in [-0.3, -0.25) is 0 Å². The Kier molecular flexibility index (Phi) is 5.20. The molecule has 1 N–H and O–H groups in total. The lowest BCUT2D eigenvalue weighted by Gasteiger charge is -2.17. The molecule has 4 nitrogen and oxygen atoms in total. The molecule has 0 bridgehead atoms. The maximum absolute atomic E-state index is 9.95. The monoisotopic (exact) mass is 252 g/mol. The predicted octanol–water partition coefficient (Wildman–Crippen LogP) is 1.94. The van der Waals surface area contributed by atoms with Gasteiger partial charge in [0.25, 0.3) is 0 Å². The van der Waals surface area contributed by atoms with Crippen LogP contribution in [0, 0.1) is 0 Å². The third-order valence-corrected chi connectivity index (χ3v) is 3.47. The molecule has 18 heavy (non-hydrogen) atoms. The van der Waals surface area contributed by atoms with Crippen LogP contribution < -0.4 is 0 Å². The van der Waals surface area contributed by atoms with Crippen LogP contribution in [0.15, 0.2) is 6.33 Å². The fourth-order valence-electron chi connectivity index (χ4n) is 2.43. The van der Waals surface area contributed by atoms with E-state index >= 15 is 0 Å². The largest absolute Gasteiger partial charge is 0.389 e. The first kappa shape index (κ1) is 13.6. The van der Waals surface area contributed by atoms with Crippen molar-refractivity contribution in [3.63, 3.8) is 0 Å². The molecule has 1 aromatic heterocycles. The Hall–Kier alpha value is -0.870. The van der Waals surface area contributed by atoms with Gasteiger partial charge in [0.15, 0.2) is 0 Å². The lowest BCUT2D eigenvalue weighted by Crippen LogP contribution is -2.23. The minimum atomic E-state index is -0.429. The van der Waals surface area contributed by atoms with E-state index in [0.29, 0.717) is 13.2 Å². The van der Waals surface area contributed by atoms with Crippen molar-refractivity contribution < 1.29 is 9.84 Å². The molecule has 1 heterocycles. The molecule has 2 rings (SSSR count). The number of fused-ring (bicyclic) bond motifs is 1. The van der Waals surface area contributed by atoms with Crippen molar-refractivity contribution in [2.45, 2.75) is 58.1 Å². The number of aliphatic hydroxyl groups excluding tert-OH is 1. The van der Waals surface area contributed by atoms with Crippen molar-refractivity contribution >= 4 is 0 Å². The van der Waals surface area contributed by atoms with Gasteiger partial charge in [-0.05, 0) is 32.1 Å². The predicted molar refractivity (Wildman–Crippen MR) is 70.6 cm³/mol. The molecular formula is C14H24N2O2. The average Bonchev–Trinajstić information content (AvgIpc) is 2.78. The molecule has 0 fully saturated rings. The second kappa shape index (κ2) is 6.90. The molecule has 4 heteroatoms. The standard InChI is InChI=1S/C14H24N2O2/c1-2-3-8-18-10-12(17)9-16-11-15-13-6-4-5-7-14(13)16/h11-12,17H,2-10H2,1H3. The summed E-state index contributed by atoms with van der Waals surface area (Å²) in [4.78, 5) is 4.43. The molecule has 1 atom stereocenters. The molecule has 0 amide bonds. The number of rotatable bonds is 7. The fourth-order valence-corrected chi connectivity index (χ4v) is 2.43. The van der Waals surface area contributed by atoms with E-state index in [4.69, 9.17) is 4.74 Å². The zero-order chi connectivity index (χ0) is 12.8. The number of aryl methyl sites for hydroxylation is 1. The molecule has 0 aromatic carbocycles. The molecule has 0 saturated carbocycles. The van der Waals surface area contributed by atoms with E-state index in [1.54, 1.807) is 0 Å². The minimum absolute atomic E-state index is 0.424. The summed E-state index contributed by atoms with van der Waals surface area (Å²) in [5, 5.41) is 9.95. The second-order valence-electron chi connectivity index (χ2n) is 5.08. The lowest BCUT2D eigenvalue weighted by molar-refractivity contribution is 0.0267. The Bertz CT molecular complexity index is 363. The molecule has 1 aliphatic carbocycles. The normalized spacial score (nSPS) is 16.6. The maximum atomic E-state index is 9.95. The van der Waals surface area contributed by atoms with Crippen LogP contribution in [-0.4, -0.2) is 34.0 Å². The molecule has 1 aromatic rings. The Morgan fingerprint density at radius 2 is 2.28 bits per heavy atom. The summed E-state index contributed by atoms with van der Waals surface area (Å²) >= 11 is 0. The Labute approximate surface area is 109 Å². The van der Waals surface area contributed by atoms with Crippen LogP contribution in [0.5, 0.6) is 0 Å². The van der Waals surface area contributed by atoms with Gasteiger partial charge in [-0.2, -0.15) is 0 Å². The highest BCUT2D eigenvalue weighted by molar-refractivity contribution is 5.16. The highest BCUT2D eigenvalue weighted by Gasteiger charge is 2.16. The number of ether oxygens (including phenoxy) is 1. The number of hydrogen-bond donors (Lipinski definition) is 1. The smallest absolute Gasteiger partial charge is 0.0952 e. The molecule has 102 valence electrons. The van der Waals surface area contributed by atoms with Crippen molar-refractivity contribution in [1.82, 2.24) is 9.55 Å². The first-order valence-electron chi connectivity index (χ1n) is 7.10. The van der Waals surface area contributed by atoms with Gasteiger partial charge in [0, 0.05) is 12.3 Å². The van der Waals surface area contributed by atoms with Gasteiger partial charge < -0.3 is 14.4 Å². The minimum Gasteiger partial charge on any atom is -0.389 e. The van der Waals surface area contributed by atoms with E-state index in [1.165, 1.54) is 24.2 Å². The highest BCUT2D eigenvalue weighted by atomic mass is 16.5. The van der Waals surface area contributed by atoms with Crippen LogP contribution in [0.1, 0.15) is 44.0 Å². The van der Waals surface area contributed by atoms with Gasteiger partial charge in [-0.25, -0.2) is 4.98 Å². The van der Waals surface area contributed by atoms with Crippen LogP contribution in [0.25, 0.3) is 0 Å². The van der Waals surface area contributed by atoms with Crippen molar-refractivity contribution in [1.29, 1.82) is 0 Å². The van der Waals surface area contributed by atoms with Gasteiger partial charge in [0.05, 0.1) is 31.3 Å². The third-order valence-electron chi connectivity index (χ3n) is 3.47. The molecular weight excluding hydrogens is 228 g/mol. The summed E-state index contributed by atoms with van der Waals surface area (Å²) in [6, 6.07) is 0. The van der Waals surface area contributed by atoms with Gasteiger partial charge in [-0.1, -0.05) is 13.3 Å². The van der Waals surface area contributed by atoms with Crippen molar-refractivity contribution in [3.8, 4) is 0 Å². The van der Waals surface area contributed by atoms with Gasteiger partial charge in [0.2, 0.25) is 0 Å². The van der Waals surface area contributed by atoms with Crippen LogP contribution >= 0.6 is 0 Å². The molecule has 1 unspecified atom stereocenters. The van der Waals surface area contributed by atoms with E-state index in [2.05, 4.69) is 16.5 Å². The first-order valence-corrected chi connectivity index (χ1v) is 7.10. The Morgan fingerprint density at radius 3 is 3.11 bits per heavy atom. The molecule has 0 radical (unpaired) electrons. The summed E-state index contributed by atoms with van der Waals surface area (Å²) in [5.74, 6) is 0. The summed E-state index contributed by atoms with van der Waals surface area (Å²) in [6.45, 7) is 3.91. The third kappa shape index (κ3) is 3.56. The molecule has 1 aliphatic rings. The number of imidazole rings is 1. The van der Waals surface area contributed by atoms with E-state index in [0.717, 1.165) is 32.3 Å². The average molecular weight is 252 g/mol. The van der Waals surface area contributed by atoms with Crippen LogP contribution in [0.4, 0.5) is 0 Å². The van der Waals surface area contributed by atoms with Gasteiger partial charge >= 0.3 is 0 Å². The van der Waals surface area contributed by atoms with Gasteiger partial charge in [0.1, 0.15) is 0 Å². The summed E-state index contributed by atoms with van der Waals surface area (Å²) in [6.07, 6.45) is 8.30. The highest BCUT2D eigenvalue weighted by Crippen LogP contribution is 2.19. The Balaban J connectivity index is 1.80. The van der Waals surface area contributed by atoms with E-state index in [9.17, 15) is 5.11 Å². The van der Waals surface area contributed by atoms with Crippen LogP contribution in [0.2, 0.25) is 0 Å². The van der Waals surface area contributed by atoms with Crippen molar-refractivity contribution in [3.05, 3.63) is 17.7 Å². The number of hydrogen-bond acceptors (Lipinski definition) is 3. The number of nitrogens with zero attached hydrogens (tertiary/aromatic N) is 2. The van der Waals surface area contributed by atoms with E-state index in [-0.39, 0.29) is 0 Å². The summed E-state index contributed by atoms with van der Waals surface area (Å²) in [5.41, 5.74) is 2.54. The summed E-state index contributed by atoms with van der Waals surface area (Å²) < 4.78 is 7.54. The quantitative estimate of drug-likeness (QED) is 0.754. The van der Waals surface area contributed by atoms with Crippen molar-refractivity contribution in [2.75, 3.05) is 13.2 Å². The molecule has 0 saturated heterocycles. The first-order chi connectivity index (χ1) is 8.81. The number of aliphatic hydroxyl groups is 1. The summed E-state index contributed by atoms with van der Waals surface area (Å²) in [7, 11) is 0.